The van der Waals surface area contributed by atoms with Gasteiger partial charge in [-0.25, -0.2) is 9.18 Å². The number of halogens is 2. The lowest BCUT2D eigenvalue weighted by molar-refractivity contribution is -0.144. The fraction of sp³-hybridized carbons (Fsp3) is 0.533. The highest BCUT2D eigenvalue weighted by Gasteiger charge is 2.44. The zero-order valence-electron chi connectivity index (χ0n) is 11.5. The molecule has 1 heterocycles. The highest BCUT2D eigenvalue weighted by atomic mass is 79.9. The summed E-state index contributed by atoms with van der Waals surface area (Å²) < 4.78 is 25.1. The Morgan fingerprint density at radius 3 is 2.65 bits per heavy atom. The van der Waals surface area contributed by atoms with E-state index in [2.05, 4.69) is 15.9 Å². The number of carbonyl (C=O) groups is 1. The van der Waals surface area contributed by atoms with E-state index < -0.39 is 35.3 Å². The van der Waals surface area contributed by atoms with Crippen molar-refractivity contribution < 1.29 is 18.7 Å². The Labute approximate surface area is 126 Å². The molecular formula is C15H18BrFO3. The summed E-state index contributed by atoms with van der Waals surface area (Å²) in [6, 6.07) is 8.67. The molecule has 1 aromatic rings. The monoisotopic (exact) mass is 344 g/mol. The van der Waals surface area contributed by atoms with Gasteiger partial charge in [0, 0.05) is 5.92 Å². The maximum absolute atomic E-state index is 14.2. The molecule has 2 rings (SSSR count). The van der Waals surface area contributed by atoms with Crippen molar-refractivity contribution in [2.24, 2.45) is 5.92 Å². The molecule has 0 saturated carbocycles. The smallest absolute Gasteiger partial charge is 0.338 e. The Morgan fingerprint density at radius 2 is 2.05 bits per heavy atom. The van der Waals surface area contributed by atoms with Gasteiger partial charge in [0.2, 0.25) is 0 Å². The molecule has 0 N–H and O–H groups in total. The molecule has 0 radical (unpaired) electrons. The maximum Gasteiger partial charge on any atom is 0.338 e. The number of esters is 1. The fourth-order valence-corrected chi connectivity index (χ4v) is 3.19. The lowest BCUT2D eigenvalue weighted by Crippen LogP contribution is -2.50. The van der Waals surface area contributed by atoms with Gasteiger partial charge < -0.3 is 9.47 Å². The van der Waals surface area contributed by atoms with Crippen LogP contribution in [0.25, 0.3) is 0 Å². The second-order valence-corrected chi connectivity index (χ2v) is 5.88. The number of hydrogen-bond acceptors (Lipinski definition) is 3. The number of carbonyl (C=O) groups excluding carboxylic acids is 1. The highest BCUT2D eigenvalue weighted by Crippen LogP contribution is 2.34. The first-order valence-electron chi connectivity index (χ1n) is 6.74. The quantitative estimate of drug-likeness (QED) is 0.619. The van der Waals surface area contributed by atoms with Crippen molar-refractivity contribution >= 4 is 21.9 Å². The van der Waals surface area contributed by atoms with E-state index in [1.165, 1.54) is 0 Å². The molecule has 110 valence electrons. The first-order valence-corrected chi connectivity index (χ1v) is 7.65. The van der Waals surface area contributed by atoms with Crippen molar-refractivity contribution in [1.29, 1.82) is 0 Å². The largest absolute Gasteiger partial charge is 0.455 e. The van der Waals surface area contributed by atoms with E-state index in [0.29, 0.717) is 12.0 Å². The predicted molar refractivity (Wildman–Crippen MR) is 77.6 cm³/mol. The Balaban J connectivity index is 2.07. The molecule has 0 bridgehead atoms. The molecule has 20 heavy (non-hydrogen) atoms. The topological polar surface area (TPSA) is 35.5 Å². The van der Waals surface area contributed by atoms with Crippen LogP contribution >= 0.6 is 15.9 Å². The van der Waals surface area contributed by atoms with Gasteiger partial charge in [-0.05, 0) is 18.6 Å². The van der Waals surface area contributed by atoms with Crippen LogP contribution in [0.3, 0.4) is 0 Å². The van der Waals surface area contributed by atoms with Crippen molar-refractivity contribution in [2.75, 3.05) is 0 Å². The molecule has 1 fully saturated rings. The highest BCUT2D eigenvalue weighted by molar-refractivity contribution is 9.09. The first kappa shape index (κ1) is 15.4. The van der Waals surface area contributed by atoms with Gasteiger partial charge in [-0.2, -0.15) is 0 Å². The van der Waals surface area contributed by atoms with Crippen LogP contribution in [-0.4, -0.2) is 29.4 Å². The molecule has 5 atom stereocenters. The minimum Gasteiger partial charge on any atom is -0.455 e. The summed E-state index contributed by atoms with van der Waals surface area (Å²) >= 11 is 3.34. The van der Waals surface area contributed by atoms with Crippen molar-refractivity contribution in [1.82, 2.24) is 0 Å². The second kappa shape index (κ2) is 6.68. The van der Waals surface area contributed by atoms with Crippen LogP contribution < -0.4 is 0 Å². The van der Waals surface area contributed by atoms with Crippen molar-refractivity contribution in [2.45, 2.75) is 43.7 Å². The Kier molecular flexibility index (Phi) is 5.16. The molecule has 1 aliphatic heterocycles. The predicted octanol–water partition coefficient (Wildman–Crippen LogP) is 3.72. The van der Waals surface area contributed by atoms with Gasteiger partial charge >= 0.3 is 5.97 Å². The van der Waals surface area contributed by atoms with Gasteiger partial charge in [-0.15, -0.1) is 0 Å². The number of hydrogen-bond donors (Lipinski definition) is 0. The van der Waals surface area contributed by atoms with Gasteiger partial charge in [0.05, 0.1) is 11.7 Å². The minimum absolute atomic E-state index is 0.411. The van der Waals surface area contributed by atoms with E-state index in [1.807, 2.05) is 13.0 Å². The summed E-state index contributed by atoms with van der Waals surface area (Å²) in [7, 11) is 0. The molecule has 5 heteroatoms. The third-order valence-corrected chi connectivity index (χ3v) is 4.33. The summed E-state index contributed by atoms with van der Waals surface area (Å²) in [6.45, 7) is 3.62. The molecule has 0 aromatic heterocycles. The van der Waals surface area contributed by atoms with Crippen molar-refractivity contribution in [3.8, 4) is 0 Å². The Bertz CT molecular complexity index is 454. The van der Waals surface area contributed by atoms with Crippen LogP contribution in [0, 0.1) is 5.92 Å². The summed E-state index contributed by atoms with van der Waals surface area (Å²) in [4.78, 5) is 12.0. The number of benzene rings is 1. The zero-order valence-corrected chi connectivity index (χ0v) is 13.0. The summed E-state index contributed by atoms with van der Waals surface area (Å²) in [5, 5.41) is -0.484. The van der Waals surface area contributed by atoms with Gasteiger partial charge in [-0.3, -0.25) is 0 Å². The maximum atomic E-state index is 14.2. The van der Waals surface area contributed by atoms with E-state index in [0.717, 1.165) is 0 Å². The normalized spacial score (nSPS) is 33.7. The molecular weight excluding hydrogens is 327 g/mol. The average Bonchev–Trinajstić information content (AvgIpc) is 2.48. The molecule has 0 aliphatic carbocycles. The molecule has 0 amide bonds. The fourth-order valence-electron chi connectivity index (χ4n) is 2.33. The van der Waals surface area contributed by atoms with E-state index in [4.69, 9.17) is 9.47 Å². The van der Waals surface area contributed by atoms with Crippen LogP contribution in [0.1, 0.15) is 30.6 Å². The van der Waals surface area contributed by atoms with Gasteiger partial charge in [-0.1, -0.05) is 48.0 Å². The van der Waals surface area contributed by atoms with E-state index in [9.17, 15) is 9.18 Å². The van der Waals surface area contributed by atoms with Crippen LogP contribution in [0.2, 0.25) is 0 Å². The van der Waals surface area contributed by atoms with Gasteiger partial charge in [0.1, 0.15) is 17.3 Å². The standard InChI is InChI=1S/C15H18BrFO3/c1-3-11-12(17)9(2)13(14(16)19-11)20-15(18)10-7-5-4-6-8-10/h4-9,11-14H,3H2,1-2H3/t9-,11+,12-,13+,14-/m0/s1. The SMILES string of the molecule is CC[C@H]1O[C@H](Br)[C@H](OC(=O)c2ccccc2)[C@@H](C)[C@@H]1F. The molecule has 0 spiro atoms. The van der Waals surface area contributed by atoms with E-state index in [1.54, 1.807) is 31.2 Å². The summed E-state index contributed by atoms with van der Waals surface area (Å²) in [5.41, 5.74) is 0.451. The van der Waals surface area contributed by atoms with Crippen LogP contribution in [-0.2, 0) is 9.47 Å². The average molecular weight is 345 g/mol. The molecule has 1 aromatic carbocycles. The summed E-state index contributed by atoms with van der Waals surface area (Å²) in [5.74, 6) is -0.872. The molecule has 3 nitrogen and oxygen atoms in total. The zero-order chi connectivity index (χ0) is 14.7. The van der Waals surface area contributed by atoms with E-state index in [-0.39, 0.29) is 0 Å². The van der Waals surface area contributed by atoms with Crippen LogP contribution in [0.4, 0.5) is 4.39 Å². The number of ether oxygens (including phenoxy) is 2. The molecule has 0 unspecified atom stereocenters. The van der Waals surface area contributed by atoms with Gasteiger partial charge in [0.15, 0.2) is 0 Å². The molecule has 1 aliphatic rings. The van der Waals surface area contributed by atoms with Gasteiger partial charge in [0.25, 0.3) is 0 Å². The third-order valence-electron chi connectivity index (χ3n) is 3.59. The first-order chi connectivity index (χ1) is 9.54. The number of rotatable bonds is 3. The van der Waals surface area contributed by atoms with Crippen LogP contribution in [0.15, 0.2) is 30.3 Å². The Morgan fingerprint density at radius 1 is 1.40 bits per heavy atom. The molecule has 1 saturated heterocycles. The van der Waals surface area contributed by atoms with E-state index >= 15 is 0 Å². The second-order valence-electron chi connectivity index (χ2n) is 4.97. The van der Waals surface area contributed by atoms with Crippen molar-refractivity contribution in [3.63, 3.8) is 0 Å². The lowest BCUT2D eigenvalue weighted by Gasteiger charge is -2.39. The number of alkyl halides is 2. The minimum atomic E-state index is -1.14. The van der Waals surface area contributed by atoms with Crippen LogP contribution in [0.5, 0.6) is 0 Å². The third kappa shape index (κ3) is 3.20. The van der Waals surface area contributed by atoms with Crippen molar-refractivity contribution in [3.05, 3.63) is 35.9 Å². The summed E-state index contributed by atoms with van der Waals surface area (Å²) in [6.07, 6.45) is -1.64. The Hall–Kier alpha value is -0.940. The lowest BCUT2D eigenvalue weighted by atomic mass is 9.91.